The summed E-state index contributed by atoms with van der Waals surface area (Å²) in [4.78, 5) is 0. The predicted molar refractivity (Wildman–Crippen MR) is 81.6 cm³/mol. The lowest BCUT2D eigenvalue weighted by atomic mass is 10.0. The molecule has 0 heterocycles. The van der Waals surface area contributed by atoms with E-state index in [4.69, 9.17) is 0 Å². The van der Waals surface area contributed by atoms with Crippen molar-refractivity contribution in [3.05, 3.63) is 67.9 Å². The highest BCUT2D eigenvalue weighted by molar-refractivity contribution is 9.10. The van der Waals surface area contributed by atoms with Crippen LogP contribution in [0.5, 0.6) is 0 Å². The van der Waals surface area contributed by atoms with Crippen LogP contribution >= 0.6 is 31.9 Å². The third-order valence-electron chi connectivity index (χ3n) is 3.01. The van der Waals surface area contributed by atoms with E-state index in [1.807, 2.05) is 25.1 Å². The standard InChI is InChI=1S/C15H13Br2FO/c1-9-2-3-11(6-13(9)16)15(19)7-10-4-5-12(18)8-14(10)17/h2-6,8,15,19H,7H2,1H3. The van der Waals surface area contributed by atoms with Crippen LogP contribution in [0, 0.1) is 12.7 Å². The second-order valence-electron chi connectivity index (χ2n) is 4.46. The first-order chi connectivity index (χ1) is 8.97. The zero-order valence-corrected chi connectivity index (χ0v) is 13.5. The van der Waals surface area contributed by atoms with Crippen LogP contribution in [0.3, 0.4) is 0 Å². The van der Waals surface area contributed by atoms with Gasteiger partial charge in [0, 0.05) is 15.4 Å². The molecule has 0 aliphatic rings. The van der Waals surface area contributed by atoms with Crippen LogP contribution in [0.25, 0.3) is 0 Å². The van der Waals surface area contributed by atoms with Crippen molar-refractivity contribution in [2.45, 2.75) is 19.4 Å². The maximum atomic E-state index is 13.0. The molecule has 2 rings (SSSR count). The van der Waals surface area contributed by atoms with E-state index in [0.717, 1.165) is 21.2 Å². The summed E-state index contributed by atoms with van der Waals surface area (Å²) < 4.78 is 14.7. The van der Waals surface area contributed by atoms with E-state index >= 15 is 0 Å². The third-order valence-corrected chi connectivity index (χ3v) is 4.60. The lowest BCUT2D eigenvalue weighted by Crippen LogP contribution is -2.03. The lowest BCUT2D eigenvalue weighted by molar-refractivity contribution is 0.178. The third kappa shape index (κ3) is 3.65. The van der Waals surface area contributed by atoms with Crippen molar-refractivity contribution in [1.29, 1.82) is 0 Å². The van der Waals surface area contributed by atoms with Crippen LogP contribution < -0.4 is 0 Å². The number of aliphatic hydroxyl groups is 1. The van der Waals surface area contributed by atoms with Gasteiger partial charge in [0.05, 0.1) is 6.10 Å². The van der Waals surface area contributed by atoms with Crippen molar-refractivity contribution in [2.24, 2.45) is 0 Å². The fourth-order valence-corrected chi connectivity index (χ4v) is 2.74. The van der Waals surface area contributed by atoms with Crippen molar-refractivity contribution >= 4 is 31.9 Å². The fourth-order valence-electron chi connectivity index (χ4n) is 1.83. The topological polar surface area (TPSA) is 20.2 Å². The minimum atomic E-state index is -0.612. The van der Waals surface area contributed by atoms with E-state index in [1.54, 1.807) is 6.07 Å². The molecule has 100 valence electrons. The van der Waals surface area contributed by atoms with E-state index < -0.39 is 6.10 Å². The summed E-state index contributed by atoms with van der Waals surface area (Å²) in [6.07, 6.45) is -0.172. The molecule has 0 aromatic heterocycles. The number of aryl methyl sites for hydroxylation is 1. The molecule has 1 N–H and O–H groups in total. The second kappa shape index (κ2) is 6.16. The van der Waals surface area contributed by atoms with Gasteiger partial charge in [-0.15, -0.1) is 0 Å². The Balaban J connectivity index is 2.20. The molecule has 19 heavy (non-hydrogen) atoms. The molecule has 2 aromatic rings. The minimum Gasteiger partial charge on any atom is -0.388 e. The number of rotatable bonds is 3. The van der Waals surface area contributed by atoms with Gasteiger partial charge in [-0.05, 0) is 41.8 Å². The highest BCUT2D eigenvalue weighted by atomic mass is 79.9. The highest BCUT2D eigenvalue weighted by Crippen LogP contribution is 2.27. The first kappa shape index (κ1) is 14.7. The van der Waals surface area contributed by atoms with Crippen LogP contribution in [-0.4, -0.2) is 5.11 Å². The van der Waals surface area contributed by atoms with Gasteiger partial charge >= 0.3 is 0 Å². The van der Waals surface area contributed by atoms with Crippen LogP contribution in [0.15, 0.2) is 45.3 Å². The van der Waals surface area contributed by atoms with Crippen molar-refractivity contribution in [1.82, 2.24) is 0 Å². The molecule has 1 nitrogen and oxygen atoms in total. The summed E-state index contributed by atoms with van der Waals surface area (Å²) >= 11 is 6.77. The lowest BCUT2D eigenvalue weighted by Gasteiger charge is -2.13. The van der Waals surface area contributed by atoms with Gasteiger partial charge in [0.15, 0.2) is 0 Å². The molecule has 0 aliphatic heterocycles. The number of benzene rings is 2. The van der Waals surface area contributed by atoms with Gasteiger partial charge in [-0.1, -0.05) is 50.1 Å². The smallest absolute Gasteiger partial charge is 0.124 e. The molecular weight excluding hydrogens is 375 g/mol. The number of halogens is 3. The van der Waals surface area contributed by atoms with E-state index in [1.165, 1.54) is 12.1 Å². The van der Waals surface area contributed by atoms with E-state index in [0.29, 0.717) is 10.9 Å². The summed E-state index contributed by atoms with van der Waals surface area (Å²) in [7, 11) is 0. The second-order valence-corrected chi connectivity index (χ2v) is 6.17. The van der Waals surface area contributed by atoms with Gasteiger partial charge in [-0.25, -0.2) is 4.39 Å². The monoisotopic (exact) mass is 386 g/mol. The zero-order chi connectivity index (χ0) is 14.0. The molecule has 4 heteroatoms. The van der Waals surface area contributed by atoms with Crippen molar-refractivity contribution in [3.8, 4) is 0 Å². The number of hydrogen-bond donors (Lipinski definition) is 1. The average Bonchev–Trinajstić information content (AvgIpc) is 2.36. The Hall–Kier alpha value is -0.710. The van der Waals surface area contributed by atoms with Crippen molar-refractivity contribution in [2.75, 3.05) is 0 Å². The predicted octanol–water partition coefficient (Wildman–Crippen LogP) is 4.94. The summed E-state index contributed by atoms with van der Waals surface area (Å²) in [5.74, 6) is -0.289. The molecule has 0 amide bonds. The molecular formula is C15H13Br2FO. The Kier molecular flexibility index (Phi) is 4.76. The van der Waals surface area contributed by atoms with Gasteiger partial charge in [0.2, 0.25) is 0 Å². The Morgan fingerprint density at radius 1 is 1.11 bits per heavy atom. The molecule has 0 spiro atoms. The Morgan fingerprint density at radius 3 is 2.47 bits per heavy atom. The maximum absolute atomic E-state index is 13.0. The Labute approximate surface area is 128 Å². The summed E-state index contributed by atoms with van der Waals surface area (Å²) in [6, 6.07) is 10.3. The largest absolute Gasteiger partial charge is 0.388 e. The molecule has 1 unspecified atom stereocenters. The van der Waals surface area contributed by atoms with Crippen LogP contribution in [0.4, 0.5) is 4.39 Å². The Morgan fingerprint density at radius 2 is 1.84 bits per heavy atom. The number of aliphatic hydroxyl groups excluding tert-OH is 1. The molecule has 0 saturated heterocycles. The summed E-state index contributed by atoms with van der Waals surface area (Å²) in [5, 5.41) is 10.2. The first-order valence-electron chi connectivity index (χ1n) is 5.85. The Bertz CT molecular complexity index is 599. The molecule has 0 fully saturated rings. The maximum Gasteiger partial charge on any atom is 0.124 e. The van der Waals surface area contributed by atoms with Crippen LogP contribution in [-0.2, 0) is 6.42 Å². The molecule has 1 atom stereocenters. The van der Waals surface area contributed by atoms with E-state index in [9.17, 15) is 9.50 Å². The molecule has 0 saturated carbocycles. The quantitative estimate of drug-likeness (QED) is 0.791. The highest BCUT2D eigenvalue weighted by Gasteiger charge is 2.12. The number of hydrogen-bond acceptors (Lipinski definition) is 1. The van der Waals surface area contributed by atoms with Crippen LogP contribution in [0.2, 0.25) is 0 Å². The summed E-state index contributed by atoms with van der Waals surface area (Å²) in [6.45, 7) is 2.00. The normalized spacial score (nSPS) is 12.5. The molecule has 2 aromatic carbocycles. The van der Waals surface area contributed by atoms with E-state index in [2.05, 4.69) is 31.9 Å². The van der Waals surface area contributed by atoms with Crippen LogP contribution in [0.1, 0.15) is 22.8 Å². The van der Waals surface area contributed by atoms with Gasteiger partial charge in [-0.3, -0.25) is 0 Å². The van der Waals surface area contributed by atoms with Crippen molar-refractivity contribution < 1.29 is 9.50 Å². The van der Waals surface area contributed by atoms with Gasteiger partial charge in [0.1, 0.15) is 5.82 Å². The first-order valence-corrected chi connectivity index (χ1v) is 7.44. The molecule has 0 aliphatic carbocycles. The van der Waals surface area contributed by atoms with Crippen molar-refractivity contribution in [3.63, 3.8) is 0 Å². The fraction of sp³-hybridized carbons (Fsp3) is 0.200. The van der Waals surface area contributed by atoms with Gasteiger partial charge in [0.25, 0.3) is 0 Å². The van der Waals surface area contributed by atoms with E-state index in [-0.39, 0.29) is 5.82 Å². The zero-order valence-electron chi connectivity index (χ0n) is 10.3. The average molecular weight is 388 g/mol. The summed E-state index contributed by atoms with van der Waals surface area (Å²) in [5.41, 5.74) is 2.85. The van der Waals surface area contributed by atoms with Gasteiger partial charge < -0.3 is 5.11 Å². The van der Waals surface area contributed by atoms with Gasteiger partial charge in [-0.2, -0.15) is 0 Å². The SMILES string of the molecule is Cc1ccc(C(O)Cc2ccc(F)cc2Br)cc1Br. The molecule has 0 bridgehead atoms. The minimum absolute atomic E-state index is 0.289. The molecule has 0 radical (unpaired) electrons.